The molecule has 4 rings (SSSR count). The molecule has 0 N–H and O–H groups in total. The molecular formula is C21H30N4O2. The summed E-state index contributed by atoms with van der Waals surface area (Å²) in [6.07, 6.45) is 11.4. The molecule has 0 spiro atoms. The maximum atomic E-state index is 13.3. The van der Waals surface area contributed by atoms with E-state index < -0.39 is 0 Å². The lowest BCUT2D eigenvalue weighted by atomic mass is 9.77. The zero-order valence-corrected chi connectivity index (χ0v) is 16.1. The Balaban J connectivity index is 1.38. The summed E-state index contributed by atoms with van der Waals surface area (Å²) < 4.78 is 0. The fourth-order valence-corrected chi connectivity index (χ4v) is 5.07. The van der Waals surface area contributed by atoms with Crippen LogP contribution in [0, 0.1) is 11.8 Å². The first-order valence-electron chi connectivity index (χ1n) is 10.6. The fourth-order valence-electron chi connectivity index (χ4n) is 5.07. The van der Waals surface area contributed by atoms with E-state index in [9.17, 15) is 9.59 Å². The van der Waals surface area contributed by atoms with E-state index in [2.05, 4.69) is 9.97 Å². The third-order valence-electron chi connectivity index (χ3n) is 6.65. The molecule has 1 saturated carbocycles. The number of carbonyl (C=O) groups is 2. The van der Waals surface area contributed by atoms with Gasteiger partial charge in [-0.05, 0) is 44.6 Å². The first-order valence-corrected chi connectivity index (χ1v) is 10.6. The average Bonchev–Trinajstić information content (AvgIpc) is 3.28. The molecule has 6 nitrogen and oxygen atoms in total. The Bertz CT molecular complexity index is 651. The van der Waals surface area contributed by atoms with Crippen molar-refractivity contribution in [1.29, 1.82) is 0 Å². The van der Waals surface area contributed by atoms with E-state index >= 15 is 0 Å². The van der Waals surface area contributed by atoms with E-state index in [0.717, 1.165) is 83.2 Å². The van der Waals surface area contributed by atoms with Crippen LogP contribution in [0.15, 0.2) is 18.6 Å². The number of nitrogens with zero attached hydrogens (tertiary/aromatic N) is 4. The summed E-state index contributed by atoms with van der Waals surface area (Å²) >= 11 is 0. The number of hydrogen-bond donors (Lipinski definition) is 0. The molecule has 0 unspecified atom stereocenters. The summed E-state index contributed by atoms with van der Waals surface area (Å²) in [6, 6.07) is 1.98. The molecule has 2 aliphatic heterocycles. The molecular weight excluding hydrogens is 340 g/mol. The van der Waals surface area contributed by atoms with Crippen molar-refractivity contribution in [3.63, 3.8) is 0 Å². The molecule has 2 saturated heterocycles. The van der Waals surface area contributed by atoms with Crippen molar-refractivity contribution in [3.8, 4) is 0 Å². The highest BCUT2D eigenvalue weighted by Gasteiger charge is 2.40. The van der Waals surface area contributed by atoms with Crippen molar-refractivity contribution in [3.05, 3.63) is 24.3 Å². The number of piperidine rings is 1. The van der Waals surface area contributed by atoms with E-state index in [1.165, 1.54) is 0 Å². The largest absolute Gasteiger partial charge is 0.342 e. The van der Waals surface area contributed by atoms with Gasteiger partial charge in [-0.15, -0.1) is 0 Å². The summed E-state index contributed by atoms with van der Waals surface area (Å²) in [7, 11) is 0. The second-order valence-electron chi connectivity index (χ2n) is 8.26. The van der Waals surface area contributed by atoms with Gasteiger partial charge >= 0.3 is 0 Å². The lowest BCUT2D eigenvalue weighted by molar-refractivity contribution is -0.148. The summed E-state index contributed by atoms with van der Waals surface area (Å²) in [5, 5.41) is 0. The van der Waals surface area contributed by atoms with Crippen molar-refractivity contribution in [2.45, 2.75) is 57.3 Å². The zero-order valence-electron chi connectivity index (χ0n) is 16.1. The van der Waals surface area contributed by atoms with Gasteiger partial charge in [0.25, 0.3) is 0 Å². The van der Waals surface area contributed by atoms with Gasteiger partial charge in [0, 0.05) is 55.8 Å². The molecule has 2 atom stereocenters. The van der Waals surface area contributed by atoms with Gasteiger partial charge in [-0.2, -0.15) is 0 Å². The first-order chi connectivity index (χ1) is 13.2. The molecule has 6 heteroatoms. The van der Waals surface area contributed by atoms with E-state index in [-0.39, 0.29) is 23.7 Å². The Labute approximate surface area is 161 Å². The van der Waals surface area contributed by atoms with Crippen molar-refractivity contribution in [1.82, 2.24) is 19.8 Å². The lowest BCUT2D eigenvalue weighted by Gasteiger charge is -2.38. The molecule has 0 aromatic carbocycles. The number of carbonyl (C=O) groups excluding carboxylic acids is 2. The number of amides is 2. The number of likely N-dealkylation sites (tertiary alicyclic amines) is 2. The van der Waals surface area contributed by atoms with Crippen LogP contribution in [0.3, 0.4) is 0 Å². The zero-order chi connectivity index (χ0) is 18.6. The Hall–Kier alpha value is -1.98. The van der Waals surface area contributed by atoms with Gasteiger partial charge in [0.1, 0.15) is 6.33 Å². The molecule has 0 radical (unpaired) electrons. The third kappa shape index (κ3) is 3.99. The average molecular weight is 370 g/mol. The highest BCUT2D eigenvalue weighted by molar-refractivity contribution is 5.88. The number of aromatic nitrogens is 2. The normalized spacial score (nSPS) is 27.0. The maximum absolute atomic E-state index is 13.3. The monoisotopic (exact) mass is 370 g/mol. The highest BCUT2D eigenvalue weighted by atomic mass is 16.2. The Kier molecular flexibility index (Phi) is 5.69. The molecule has 27 heavy (non-hydrogen) atoms. The predicted molar refractivity (Wildman–Crippen MR) is 102 cm³/mol. The van der Waals surface area contributed by atoms with Crippen molar-refractivity contribution in [2.75, 3.05) is 26.2 Å². The molecule has 3 fully saturated rings. The van der Waals surface area contributed by atoms with Crippen molar-refractivity contribution >= 4 is 11.8 Å². The second kappa shape index (κ2) is 8.36. The first kappa shape index (κ1) is 18.4. The van der Waals surface area contributed by atoms with Gasteiger partial charge in [-0.3, -0.25) is 9.59 Å². The third-order valence-corrected chi connectivity index (χ3v) is 6.65. The summed E-state index contributed by atoms with van der Waals surface area (Å²) in [5.41, 5.74) is 1.08. The molecule has 1 aliphatic carbocycles. The van der Waals surface area contributed by atoms with Crippen LogP contribution in [0.25, 0.3) is 0 Å². The highest BCUT2D eigenvalue weighted by Crippen LogP contribution is 2.35. The summed E-state index contributed by atoms with van der Waals surface area (Å²) in [5.74, 6) is 0.659. The minimum atomic E-state index is -0.109. The van der Waals surface area contributed by atoms with Crippen LogP contribution in [-0.2, 0) is 9.59 Å². The van der Waals surface area contributed by atoms with Crippen LogP contribution in [0.4, 0.5) is 0 Å². The van der Waals surface area contributed by atoms with Gasteiger partial charge < -0.3 is 9.80 Å². The minimum absolute atomic E-state index is 0.0936. The van der Waals surface area contributed by atoms with E-state index in [1.54, 1.807) is 12.5 Å². The Morgan fingerprint density at radius 2 is 1.41 bits per heavy atom. The topological polar surface area (TPSA) is 66.4 Å². The van der Waals surface area contributed by atoms with Crippen LogP contribution in [0.5, 0.6) is 0 Å². The van der Waals surface area contributed by atoms with E-state index in [1.807, 2.05) is 15.9 Å². The van der Waals surface area contributed by atoms with Crippen LogP contribution in [0.1, 0.15) is 63.0 Å². The van der Waals surface area contributed by atoms with Crippen LogP contribution in [0.2, 0.25) is 0 Å². The van der Waals surface area contributed by atoms with Gasteiger partial charge in [0.15, 0.2) is 0 Å². The van der Waals surface area contributed by atoms with Crippen molar-refractivity contribution in [2.24, 2.45) is 11.8 Å². The SMILES string of the molecule is O=C([C@H]1CCCC[C@H]1C(=O)N1CCCC1)N1CCC(c2ccncn2)CC1. The smallest absolute Gasteiger partial charge is 0.226 e. The standard InChI is InChI=1S/C21H30N4O2/c26-20(24-11-3-4-12-24)17-5-1-2-6-18(17)21(27)25-13-8-16(9-14-25)19-7-10-22-15-23-19/h7,10,15-18H,1-6,8-9,11-14H2/t17-,18+/m1/s1. The molecule has 0 bridgehead atoms. The predicted octanol–water partition coefficient (Wildman–Crippen LogP) is 2.61. The molecule has 2 amide bonds. The van der Waals surface area contributed by atoms with Gasteiger partial charge in [0.2, 0.25) is 11.8 Å². The second-order valence-corrected chi connectivity index (χ2v) is 8.26. The Morgan fingerprint density at radius 3 is 1.96 bits per heavy atom. The fraction of sp³-hybridized carbons (Fsp3) is 0.714. The molecule has 1 aromatic heterocycles. The molecule has 3 heterocycles. The van der Waals surface area contributed by atoms with Crippen molar-refractivity contribution < 1.29 is 9.59 Å². The van der Waals surface area contributed by atoms with E-state index in [0.29, 0.717) is 5.92 Å². The summed E-state index contributed by atoms with van der Waals surface area (Å²) in [4.78, 5) is 38.6. The van der Waals surface area contributed by atoms with Gasteiger partial charge in [-0.25, -0.2) is 9.97 Å². The molecule has 3 aliphatic rings. The summed E-state index contributed by atoms with van der Waals surface area (Å²) in [6.45, 7) is 3.30. The number of hydrogen-bond acceptors (Lipinski definition) is 4. The minimum Gasteiger partial charge on any atom is -0.342 e. The maximum Gasteiger partial charge on any atom is 0.226 e. The quantitative estimate of drug-likeness (QED) is 0.820. The van der Waals surface area contributed by atoms with E-state index in [4.69, 9.17) is 0 Å². The van der Waals surface area contributed by atoms with Crippen LogP contribution < -0.4 is 0 Å². The van der Waals surface area contributed by atoms with Crippen LogP contribution in [-0.4, -0.2) is 57.8 Å². The Morgan fingerprint density at radius 1 is 0.815 bits per heavy atom. The lowest BCUT2D eigenvalue weighted by Crippen LogP contribution is -2.48. The molecule has 146 valence electrons. The van der Waals surface area contributed by atoms with Crippen LogP contribution >= 0.6 is 0 Å². The van der Waals surface area contributed by atoms with Gasteiger partial charge in [-0.1, -0.05) is 12.8 Å². The van der Waals surface area contributed by atoms with Gasteiger partial charge in [0.05, 0.1) is 0 Å². The molecule has 1 aromatic rings. The number of rotatable bonds is 3.